The van der Waals surface area contributed by atoms with Gasteiger partial charge >= 0.3 is 0 Å². The van der Waals surface area contributed by atoms with Crippen LogP contribution >= 0.6 is 22.9 Å². The summed E-state index contributed by atoms with van der Waals surface area (Å²) in [5.74, 6) is 0.978. The number of likely N-dealkylation sites (tertiary alicyclic amines) is 1. The molecule has 1 saturated heterocycles. The molecule has 26 heavy (non-hydrogen) atoms. The third-order valence-corrected chi connectivity index (χ3v) is 5.47. The van der Waals surface area contributed by atoms with Crippen LogP contribution in [0.1, 0.15) is 23.5 Å². The SMILES string of the molecule is Cc1nc(CN2CCCC(CNC(=O)COc3cccc(Cl)c3)C2)cs1. The molecule has 140 valence electrons. The van der Waals surface area contributed by atoms with E-state index in [0.29, 0.717) is 23.2 Å². The number of benzene rings is 1. The van der Waals surface area contributed by atoms with E-state index < -0.39 is 0 Å². The number of aryl methyl sites for hydroxylation is 1. The molecule has 2 heterocycles. The number of aromatic nitrogens is 1. The van der Waals surface area contributed by atoms with Crippen molar-refractivity contribution in [2.45, 2.75) is 26.3 Å². The summed E-state index contributed by atoms with van der Waals surface area (Å²) in [6, 6.07) is 7.07. The van der Waals surface area contributed by atoms with Crippen molar-refractivity contribution >= 4 is 28.8 Å². The van der Waals surface area contributed by atoms with Gasteiger partial charge in [-0.05, 0) is 50.4 Å². The van der Waals surface area contributed by atoms with Gasteiger partial charge in [-0.1, -0.05) is 17.7 Å². The van der Waals surface area contributed by atoms with Crippen LogP contribution in [0.5, 0.6) is 5.75 Å². The van der Waals surface area contributed by atoms with Gasteiger partial charge in [-0.25, -0.2) is 4.98 Å². The summed E-state index contributed by atoms with van der Waals surface area (Å²) in [6.07, 6.45) is 2.30. The van der Waals surface area contributed by atoms with Gasteiger partial charge in [-0.3, -0.25) is 9.69 Å². The Bertz CT molecular complexity index is 737. The summed E-state index contributed by atoms with van der Waals surface area (Å²) < 4.78 is 5.48. The molecular weight excluding hydrogens is 370 g/mol. The number of ether oxygens (including phenoxy) is 1. The Morgan fingerprint density at radius 3 is 3.15 bits per heavy atom. The molecule has 1 aliphatic rings. The molecular formula is C19H24ClN3O2S. The van der Waals surface area contributed by atoms with Gasteiger partial charge in [-0.15, -0.1) is 11.3 Å². The number of nitrogens with one attached hydrogen (secondary N) is 1. The second-order valence-corrected chi connectivity index (χ2v) is 8.15. The molecule has 1 aromatic carbocycles. The van der Waals surface area contributed by atoms with E-state index in [0.717, 1.165) is 43.2 Å². The van der Waals surface area contributed by atoms with Gasteiger partial charge in [0.05, 0.1) is 10.7 Å². The van der Waals surface area contributed by atoms with Crippen LogP contribution in [0.2, 0.25) is 5.02 Å². The van der Waals surface area contributed by atoms with E-state index in [2.05, 4.69) is 20.6 Å². The van der Waals surface area contributed by atoms with Crippen LogP contribution in [-0.2, 0) is 11.3 Å². The fraction of sp³-hybridized carbons (Fsp3) is 0.474. The van der Waals surface area contributed by atoms with Crippen LogP contribution in [0.3, 0.4) is 0 Å². The topological polar surface area (TPSA) is 54.5 Å². The number of hydrogen-bond donors (Lipinski definition) is 1. The molecule has 0 bridgehead atoms. The van der Waals surface area contributed by atoms with E-state index in [1.165, 1.54) is 0 Å². The maximum absolute atomic E-state index is 12.0. The van der Waals surface area contributed by atoms with E-state index in [1.54, 1.807) is 35.6 Å². The molecule has 0 saturated carbocycles. The lowest BCUT2D eigenvalue weighted by Crippen LogP contribution is -2.41. The Balaban J connectivity index is 1.38. The zero-order valence-electron chi connectivity index (χ0n) is 14.9. The first-order valence-electron chi connectivity index (χ1n) is 8.87. The molecule has 1 atom stereocenters. The van der Waals surface area contributed by atoms with E-state index in [9.17, 15) is 4.79 Å². The van der Waals surface area contributed by atoms with Crippen LogP contribution in [0.25, 0.3) is 0 Å². The third kappa shape index (κ3) is 5.97. The van der Waals surface area contributed by atoms with Crippen molar-refractivity contribution in [1.29, 1.82) is 0 Å². The maximum atomic E-state index is 12.0. The van der Waals surface area contributed by atoms with Crippen molar-refractivity contribution < 1.29 is 9.53 Å². The Labute approximate surface area is 163 Å². The molecule has 0 spiro atoms. The molecule has 7 heteroatoms. The number of thiazole rings is 1. The maximum Gasteiger partial charge on any atom is 0.257 e. The lowest BCUT2D eigenvalue weighted by molar-refractivity contribution is -0.123. The lowest BCUT2D eigenvalue weighted by atomic mass is 9.98. The molecule has 1 fully saturated rings. The summed E-state index contributed by atoms with van der Waals surface area (Å²) in [7, 11) is 0. The molecule has 3 rings (SSSR count). The molecule has 2 aromatic rings. The number of carbonyl (C=O) groups is 1. The molecule has 1 unspecified atom stereocenters. The van der Waals surface area contributed by atoms with Gasteiger partial charge in [0, 0.05) is 30.0 Å². The minimum Gasteiger partial charge on any atom is -0.484 e. The van der Waals surface area contributed by atoms with Crippen molar-refractivity contribution in [1.82, 2.24) is 15.2 Å². The third-order valence-electron chi connectivity index (χ3n) is 4.41. The van der Waals surface area contributed by atoms with Crippen molar-refractivity contribution in [2.24, 2.45) is 5.92 Å². The zero-order valence-corrected chi connectivity index (χ0v) is 16.5. The Morgan fingerprint density at radius 1 is 1.50 bits per heavy atom. The minimum atomic E-state index is -0.0998. The van der Waals surface area contributed by atoms with E-state index in [4.69, 9.17) is 16.3 Å². The van der Waals surface area contributed by atoms with Crippen LogP contribution in [0, 0.1) is 12.8 Å². The summed E-state index contributed by atoms with van der Waals surface area (Å²) in [5, 5.41) is 6.83. The highest BCUT2D eigenvalue weighted by atomic mass is 35.5. The van der Waals surface area contributed by atoms with Gasteiger partial charge in [0.1, 0.15) is 5.75 Å². The number of nitrogens with zero attached hydrogens (tertiary/aromatic N) is 2. The quantitative estimate of drug-likeness (QED) is 0.782. The molecule has 1 aromatic heterocycles. The Morgan fingerprint density at radius 2 is 2.38 bits per heavy atom. The first-order valence-corrected chi connectivity index (χ1v) is 10.1. The predicted molar refractivity (Wildman–Crippen MR) is 105 cm³/mol. The first kappa shape index (κ1) is 19.1. The number of halogens is 1. The van der Waals surface area contributed by atoms with E-state index in [1.807, 2.05) is 6.92 Å². The van der Waals surface area contributed by atoms with Crippen LogP contribution < -0.4 is 10.1 Å². The van der Waals surface area contributed by atoms with Crippen molar-refractivity contribution in [3.63, 3.8) is 0 Å². The highest BCUT2D eigenvalue weighted by Gasteiger charge is 2.21. The van der Waals surface area contributed by atoms with Crippen molar-refractivity contribution in [3.8, 4) is 5.75 Å². The molecule has 1 amide bonds. The van der Waals surface area contributed by atoms with Crippen LogP contribution in [0.15, 0.2) is 29.6 Å². The van der Waals surface area contributed by atoms with E-state index >= 15 is 0 Å². The molecule has 1 N–H and O–H groups in total. The molecule has 1 aliphatic heterocycles. The summed E-state index contributed by atoms with van der Waals surface area (Å²) in [5.41, 5.74) is 1.15. The summed E-state index contributed by atoms with van der Waals surface area (Å²) in [6.45, 7) is 5.71. The minimum absolute atomic E-state index is 0.00881. The Kier molecular flexibility index (Phi) is 6.88. The van der Waals surface area contributed by atoms with Gasteiger partial charge in [-0.2, -0.15) is 0 Å². The molecule has 0 radical (unpaired) electrons. The molecule has 5 nitrogen and oxygen atoms in total. The second-order valence-electron chi connectivity index (χ2n) is 6.65. The van der Waals surface area contributed by atoms with Gasteiger partial charge in [0.2, 0.25) is 0 Å². The molecule has 0 aliphatic carbocycles. The standard InChI is InChI=1S/C19H24ClN3O2S/c1-14-22-17(13-26-14)11-23-7-3-4-15(10-23)9-21-19(24)12-25-18-6-2-5-16(20)8-18/h2,5-6,8,13,15H,3-4,7,9-12H2,1H3,(H,21,24). The number of carbonyl (C=O) groups excluding carboxylic acids is 1. The van der Waals surface area contributed by atoms with Gasteiger partial charge in [0.15, 0.2) is 6.61 Å². The largest absolute Gasteiger partial charge is 0.484 e. The van der Waals surface area contributed by atoms with Crippen molar-refractivity contribution in [3.05, 3.63) is 45.4 Å². The number of amides is 1. The van der Waals surface area contributed by atoms with E-state index in [-0.39, 0.29) is 12.5 Å². The fourth-order valence-electron chi connectivity index (χ4n) is 3.19. The summed E-state index contributed by atoms with van der Waals surface area (Å²) >= 11 is 7.60. The van der Waals surface area contributed by atoms with Crippen LogP contribution in [-0.4, -0.2) is 42.0 Å². The normalized spacial score (nSPS) is 17.8. The summed E-state index contributed by atoms with van der Waals surface area (Å²) in [4.78, 5) is 19.0. The van der Waals surface area contributed by atoms with Crippen molar-refractivity contribution in [2.75, 3.05) is 26.2 Å². The monoisotopic (exact) mass is 393 g/mol. The second kappa shape index (κ2) is 9.35. The van der Waals surface area contributed by atoms with Gasteiger partial charge < -0.3 is 10.1 Å². The van der Waals surface area contributed by atoms with Crippen LogP contribution in [0.4, 0.5) is 0 Å². The average Bonchev–Trinajstić information content (AvgIpc) is 3.03. The highest BCUT2D eigenvalue weighted by molar-refractivity contribution is 7.09. The fourth-order valence-corrected chi connectivity index (χ4v) is 3.97. The predicted octanol–water partition coefficient (Wildman–Crippen LogP) is 3.51. The van der Waals surface area contributed by atoms with Gasteiger partial charge in [0.25, 0.3) is 5.91 Å². The average molecular weight is 394 g/mol. The number of hydrogen-bond acceptors (Lipinski definition) is 5. The smallest absolute Gasteiger partial charge is 0.257 e. The lowest BCUT2D eigenvalue weighted by Gasteiger charge is -2.32. The first-order chi connectivity index (χ1) is 12.6. The highest BCUT2D eigenvalue weighted by Crippen LogP contribution is 2.19. The Hall–Kier alpha value is -1.63. The number of rotatable bonds is 7. The number of piperidine rings is 1. The zero-order chi connectivity index (χ0) is 18.4.